The van der Waals surface area contributed by atoms with Crippen LogP contribution in [0.4, 0.5) is 4.79 Å². The maximum Gasteiger partial charge on any atom is 0.314 e. The quantitative estimate of drug-likeness (QED) is 0.0823. The molecule has 0 radical (unpaired) electrons. The number of ether oxygens (including phenoxy) is 4. The number of hydrogen-bond donors (Lipinski definition) is 3. The lowest BCUT2D eigenvalue weighted by atomic mass is 10.0. The van der Waals surface area contributed by atoms with Gasteiger partial charge in [-0.25, -0.2) is 4.79 Å². The van der Waals surface area contributed by atoms with Crippen LogP contribution in [0.15, 0.2) is 0 Å². The van der Waals surface area contributed by atoms with Gasteiger partial charge >= 0.3 is 18.0 Å². The van der Waals surface area contributed by atoms with E-state index in [2.05, 4.69) is 10.6 Å². The number of hydrogen-bond acceptors (Lipinski definition) is 8. The van der Waals surface area contributed by atoms with Crippen molar-refractivity contribution in [2.75, 3.05) is 32.9 Å². The van der Waals surface area contributed by atoms with Crippen LogP contribution >= 0.6 is 0 Å². The number of esters is 2. The van der Waals surface area contributed by atoms with Gasteiger partial charge in [-0.05, 0) is 25.7 Å². The molecule has 246 valence electrons. The number of unbranched alkanes of at least 4 members (excludes halogenated alkanes) is 15. The van der Waals surface area contributed by atoms with Gasteiger partial charge in [-0.3, -0.25) is 9.59 Å². The summed E-state index contributed by atoms with van der Waals surface area (Å²) < 4.78 is 22.2. The van der Waals surface area contributed by atoms with Crippen molar-refractivity contribution in [3.8, 4) is 0 Å². The topological polar surface area (TPSA) is 132 Å². The molecule has 42 heavy (non-hydrogen) atoms. The molecular weight excluding hydrogens is 540 g/mol. The SMILES string of the molecule is CC(=O)OCC1CC(OC(C)=O)CC(OCCCCCCCCCCCCCCCNC(=O)NCCCCCCO)O1. The molecule has 0 aromatic rings. The summed E-state index contributed by atoms with van der Waals surface area (Å²) in [6.07, 6.45) is 19.6. The first-order valence-electron chi connectivity index (χ1n) is 16.6. The fraction of sp³-hybridized carbons (Fsp3) is 0.906. The number of aliphatic hydroxyl groups excluding tert-OH is 1. The number of carbonyl (C=O) groups is 3. The number of urea groups is 1. The number of amides is 2. The Morgan fingerprint density at radius 3 is 1.69 bits per heavy atom. The Balaban J connectivity index is 1.87. The van der Waals surface area contributed by atoms with Crippen LogP contribution in [0.25, 0.3) is 0 Å². The third-order valence-electron chi connectivity index (χ3n) is 7.41. The summed E-state index contributed by atoms with van der Waals surface area (Å²) in [4.78, 5) is 34.2. The summed E-state index contributed by atoms with van der Waals surface area (Å²) in [6.45, 7) is 5.19. The van der Waals surface area contributed by atoms with Gasteiger partial charge in [0.15, 0.2) is 6.29 Å². The molecule has 1 rings (SSSR count). The maximum atomic E-state index is 11.7. The van der Waals surface area contributed by atoms with Gasteiger partial charge in [-0.15, -0.1) is 0 Å². The lowest BCUT2D eigenvalue weighted by molar-refractivity contribution is -0.229. The molecule has 0 saturated carbocycles. The Kier molecular flexibility index (Phi) is 24.2. The van der Waals surface area contributed by atoms with Crippen molar-refractivity contribution < 1.29 is 38.4 Å². The van der Waals surface area contributed by atoms with Gasteiger partial charge in [0.25, 0.3) is 0 Å². The first-order chi connectivity index (χ1) is 20.4. The Morgan fingerprint density at radius 2 is 1.19 bits per heavy atom. The number of carbonyl (C=O) groups excluding carboxylic acids is 3. The van der Waals surface area contributed by atoms with E-state index in [1.807, 2.05) is 0 Å². The minimum atomic E-state index is -0.449. The molecule has 1 aliphatic heterocycles. The Labute approximate surface area is 254 Å². The second-order valence-corrected chi connectivity index (χ2v) is 11.5. The van der Waals surface area contributed by atoms with Gasteiger partial charge in [0.2, 0.25) is 0 Å². The molecule has 10 heteroatoms. The van der Waals surface area contributed by atoms with Gasteiger partial charge < -0.3 is 34.7 Å². The molecule has 0 spiro atoms. The largest absolute Gasteiger partial charge is 0.463 e. The fourth-order valence-corrected chi connectivity index (χ4v) is 5.13. The summed E-state index contributed by atoms with van der Waals surface area (Å²) in [5.74, 6) is -0.684. The molecule has 1 heterocycles. The van der Waals surface area contributed by atoms with Crippen LogP contribution in [0.3, 0.4) is 0 Å². The standard InChI is InChI=1S/C32H60N2O8/c1-27(36)40-26-30-24-29(41-28(2)37)25-31(42-30)39-23-19-15-11-9-7-5-3-4-6-8-10-12-16-20-33-32(38)34-21-17-13-14-18-22-35/h29-31,35H,3-26H2,1-2H3,(H2,33,34,38). The minimum absolute atomic E-state index is 0.0672. The highest BCUT2D eigenvalue weighted by molar-refractivity contribution is 5.73. The van der Waals surface area contributed by atoms with E-state index in [1.54, 1.807) is 0 Å². The van der Waals surface area contributed by atoms with Gasteiger partial charge in [-0.1, -0.05) is 83.5 Å². The predicted octanol–water partition coefficient (Wildman–Crippen LogP) is 5.93. The molecule has 1 saturated heterocycles. The average Bonchev–Trinajstić information content (AvgIpc) is 2.95. The summed E-state index contributed by atoms with van der Waals surface area (Å²) >= 11 is 0. The van der Waals surface area contributed by atoms with Crippen LogP contribution < -0.4 is 10.6 Å². The highest BCUT2D eigenvalue weighted by atomic mass is 16.7. The molecule has 3 atom stereocenters. The maximum absolute atomic E-state index is 11.7. The smallest absolute Gasteiger partial charge is 0.314 e. The van der Waals surface area contributed by atoms with E-state index in [0.717, 1.165) is 51.5 Å². The van der Waals surface area contributed by atoms with Crippen LogP contribution in [0.2, 0.25) is 0 Å². The lowest BCUT2D eigenvalue weighted by Gasteiger charge is -2.34. The van der Waals surface area contributed by atoms with Crippen molar-refractivity contribution >= 4 is 18.0 Å². The fourth-order valence-electron chi connectivity index (χ4n) is 5.13. The molecule has 0 aromatic heterocycles. The monoisotopic (exact) mass is 600 g/mol. The first-order valence-corrected chi connectivity index (χ1v) is 16.6. The summed E-state index contributed by atoms with van der Waals surface area (Å²) in [7, 11) is 0. The lowest BCUT2D eigenvalue weighted by Crippen LogP contribution is -2.41. The van der Waals surface area contributed by atoms with Crippen LogP contribution in [0, 0.1) is 0 Å². The van der Waals surface area contributed by atoms with Crippen LogP contribution in [0.5, 0.6) is 0 Å². The minimum Gasteiger partial charge on any atom is -0.463 e. The summed E-state index contributed by atoms with van der Waals surface area (Å²) in [5, 5.41) is 14.6. The van der Waals surface area contributed by atoms with Crippen LogP contribution in [0.1, 0.15) is 136 Å². The Bertz CT molecular complexity index is 693. The summed E-state index contributed by atoms with van der Waals surface area (Å²) in [5.41, 5.74) is 0. The van der Waals surface area contributed by atoms with Crippen LogP contribution in [-0.4, -0.2) is 74.5 Å². The molecular formula is C32H60N2O8. The number of rotatable bonds is 26. The van der Waals surface area contributed by atoms with Gasteiger partial charge in [0.05, 0.1) is 6.10 Å². The van der Waals surface area contributed by atoms with Gasteiger partial charge in [0, 0.05) is 53.0 Å². The Morgan fingerprint density at radius 1 is 0.690 bits per heavy atom. The second kappa shape index (κ2) is 26.7. The molecule has 2 amide bonds. The van der Waals surface area contributed by atoms with Crippen molar-refractivity contribution in [1.29, 1.82) is 0 Å². The normalized spacial score (nSPS) is 18.4. The highest BCUT2D eigenvalue weighted by Gasteiger charge is 2.32. The molecule has 10 nitrogen and oxygen atoms in total. The van der Waals surface area contributed by atoms with E-state index in [4.69, 9.17) is 24.1 Å². The van der Waals surface area contributed by atoms with Crippen molar-refractivity contribution in [2.45, 2.75) is 154 Å². The Hall–Kier alpha value is -1.91. The molecule has 0 bridgehead atoms. The molecule has 3 N–H and O–H groups in total. The third kappa shape index (κ3) is 23.6. The van der Waals surface area contributed by atoms with Crippen LogP contribution in [-0.2, 0) is 28.5 Å². The van der Waals surface area contributed by atoms with E-state index in [0.29, 0.717) is 26.0 Å². The molecule has 1 fully saturated rings. The van der Waals surface area contributed by atoms with E-state index >= 15 is 0 Å². The zero-order valence-corrected chi connectivity index (χ0v) is 26.5. The van der Waals surface area contributed by atoms with Crippen molar-refractivity contribution in [3.63, 3.8) is 0 Å². The third-order valence-corrected chi connectivity index (χ3v) is 7.41. The van der Waals surface area contributed by atoms with E-state index in [-0.39, 0.29) is 43.4 Å². The molecule has 0 aromatic carbocycles. The molecule has 1 aliphatic rings. The number of nitrogens with one attached hydrogen (secondary N) is 2. The van der Waals surface area contributed by atoms with Gasteiger partial charge in [0.1, 0.15) is 12.7 Å². The highest BCUT2D eigenvalue weighted by Crippen LogP contribution is 2.24. The zero-order chi connectivity index (χ0) is 30.7. The molecule has 3 unspecified atom stereocenters. The second-order valence-electron chi connectivity index (χ2n) is 11.5. The number of aliphatic hydroxyl groups is 1. The van der Waals surface area contributed by atoms with Gasteiger partial charge in [-0.2, -0.15) is 0 Å². The molecule has 0 aliphatic carbocycles. The summed E-state index contributed by atoms with van der Waals surface area (Å²) in [6, 6.07) is -0.0672. The van der Waals surface area contributed by atoms with E-state index < -0.39 is 6.29 Å². The average molecular weight is 601 g/mol. The van der Waals surface area contributed by atoms with E-state index in [9.17, 15) is 14.4 Å². The van der Waals surface area contributed by atoms with Crippen molar-refractivity contribution in [3.05, 3.63) is 0 Å². The zero-order valence-electron chi connectivity index (χ0n) is 26.5. The predicted molar refractivity (Wildman–Crippen MR) is 163 cm³/mol. The van der Waals surface area contributed by atoms with Crippen molar-refractivity contribution in [2.24, 2.45) is 0 Å². The van der Waals surface area contributed by atoms with E-state index in [1.165, 1.54) is 78.1 Å². The van der Waals surface area contributed by atoms with Crippen molar-refractivity contribution in [1.82, 2.24) is 10.6 Å². The first kappa shape index (κ1) is 38.1.